The minimum absolute atomic E-state index is 0.252. The number of amides is 1. The van der Waals surface area contributed by atoms with Gasteiger partial charge in [-0.05, 0) is 18.2 Å². The van der Waals surface area contributed by atoms with Crippen LogP contribution in [0.2, 0.25) is 5.02 Å². The Bertz CT molecular complexity index is 725. The molecule has 0 aliphatic rings. The number of nitrogens with one attached hydrogen (secondary N) is 1. The summed E-state index contributed by atoms with van der Waals surface area (Å²) in [5.41, 5.74) is 3.43. The van der Waals surface area contributed by atoms with Gasteiger partial charge in [0.05, 0.1) is 22.5 Å². The van der Waals surface area contributed by atoms with Crippen molar-refractivity contribution in [1.82, 2.24) is 14.5 Å². The lowest BCUT2D eigenvalue weighted by atomic mass is 10.2. The Labute approximate surface area is 123 Å². The number of hydrogen-bond acceptors (Lipinski definition) is 4. The molecule has 1 amide bonds. The third kappa shape index (κ3) is 2.56. The van der Waals surface area contributed by atoms with E-state index in [4.69, 9.17) is 11.6 Å². The van der Waals surface area contributed by atoms with Crippen LogP contribution in [0, 0.1) is 0 Å². The Hall–Kier alpha value is -2.18. The first-order chi connectivity index (χ1) is 9.74. The van der Waals surface area contributed by atoms with Crippen LogP contribution in [0.5, 0.6) is 0 Å². The number of thiazole rings is 1. The summed E-state index contributed by atoms with van der Waals surface area (Å²) in [6, 6.07) is 5.30. The van der Waals surface area contributed by atoms with Crippen molar-refractivity contribution in [3.63, 3.8) is 0 Å². The van der Waals surface area contributed by atoms with Gasteiger partial charge in [0.1, 0.15) is 5.69 Å². The SMILES string of the molecule is O=C(Nc1ccc(-n2ccnc2)c(Cl)c1)c1cscn1. The van der Waals surface area contributed by atoms with Crippen LogP contribution >= 0.6 is 22.9 Å². The second kappa shape index (κ2) is 5.44. The van der Waals surface area contributed by atoms with Crippen molar-refractivity contribution in [3.05, 3.63) is 58.5 Å². The molecule has 5 nitrogen and oxygen atoms in total. The van der Waals surface area contributed by atoms with E-state index in [0.29, 0.717) is 16.4 Å². The zero-order valence-corrected chi connectivity index (χ0v) is 11.7. The standard InChI is InChI=1S/C13H9ClN4OS/c14-10-5-9(17-13(19)11-6-20-8-16-11)1-2-12(10)18-4-3-15-7-18/h1-8H,(H,17,19). The van der Waals surface area contributed by atoms with Gasteiger partial charge in [0.2, 0.25) is 0 Å². The molecule has 20 heavy (non-hydrogen) atoms. The van der Waals surface area contributed by atoms with Gasteiger partial charge in [-0.1, -0.05) is 11.6 Å². The van der Waals surface area contributed by atoms with E-state index < -0.39 is 0 Å². The van der Waals surface area contributed by atoms with Gasteiger partial charge in [-0.15, -0.1) is 11.3 Å². The molecular weight excluding hydrogens is 296 g/mol. The van der Waals surface area contributed by atoms with E-state index in [9.17, 15) is 4.79 Å². The third-order valence-electron chi connectivity index (χ3n) is 2.65. The molecular formula is C13H9ClN4OS. The number of imidazole rings is 1. The number of rotatable bonds is 3. The zero-order valence-electron chi connectivity index (χ0n) is 10.2. The molecule has 0 unspecified atom stereocenters. The second-order valence-corrected chi connectivity index (χ2v) is 5.09. The van der Waals surface area contributed by atoms with Crippen LogP contribution in [0.3, 0.4) is 0 Å². The van der Waals surface area contributed by atoms with Crippen LogP contribution in [-0.4, -0.2) is 20.4 Å². The summed E-state index contributed by atoms with van der Waals surface area (Å²) in [6.45, 7) is 0. The highest BCUT2D eigenvalue weighted by atomic mass is 35.5. The molecule has 1 N–H and O–H groups in total. The molecule has 0 saturated heterocycles. The highest BCUT2D eigenvalue weighted by Crippen LogP contribution is 2.24. The molecule has 7 heteroatoms. The number of carbonyl (C=O) groups is 1. The van der Waals surface area contributed by atoms with E-state index in [-0.39, 0.29) is 5.91 Å². The van der Waals surface area contributed by atoms with E-state index in [1.165, 1.54) is 11.3 Å². The lowest BCUT2D eigenvalue weighted by Crippen LogP contribution is -2.12. The summed E-state index contributed by atoms with van der Waals surface area (Å²) < 4.78 is 1.80. The van der Waals surface area contributed by atoms with Crippen LogP contribution in [0.25, 0.3) is 5.69 Å². The predicted molar refractivity (Wildman–Crippen MR) is 78.6 cm³/mol. The summed E-state index contributed by atoms with van der Waals surface area (Å²) in [5.74, 6) is -0.252. The van der Waals surface area contributed by atoms with Gasteiger partial charge in [0.15, 0.2) is 0 Å². The molecule has 3 rings (SSSR count). The Morgan fingerprint density at radius 2 is 2.30 bits per heavy atom. The molecule has 0 bridgehead atoms. The zero-order chi connectivity index (χ0) is 13.9. The lowest BCUT2D eigenvalue weighted by Gasteiger charge is -2.08. The molecule has 3 aromatic rings. The molecule has 0 saturated carbocycles. The number of anilines is 1. The van der Waals surface area contributed by atoms with Gasteiger partial charge < -0.3 is 9.88 Å². The molecule has 2 aromatic heterocycles. The molecule has 0 fully saturated rings. The molecule has 1 aromatic carbocycles. The fourth-order valence-electron chi connectivity index (χ4n) is 1.72. The maximum absolute atomic E-state index is 11.9. The molecule has 0 aliphatic carbocycles. The van der Waals surface area contributed by atoms with Gasteiger partial charge in [-0.25, -0.2) is 9.97 Å². The maximum Gasteiger partial charge on any atom is 0.275 e. The average Bonchev–Trinajstić information content (AvgIpc) is 3.12. The highest BCUT2D eigenvalue weighted by molar-refractivity contribution is 7.07. The Balaban J connectivity index is 1.82. The average molecular weight is 305 g/mol. The van der Waals surface area contributed by atoms with Crippen molar-refractivity contribution in [2.75, 3.05) is 5.32 Å². The lowest BCUT2D eigenvalue weighted by molar-refractivity contribution is 0.102. The largest absolute Gasteiger partial charge is 0.321 e. The molecule has 0 atom stereocenters. The van der Waals surface area contributed by atoms with Gasteiger partial charge in [0, 0.05) is 23.5 Å². The number of hydrogen-bond donors (Lipinski definition) is 1. The van der Waals surface area contributed by atoms with Crippen molar-refractivity contribution in [2.45, 2.75) is 0 Å². The minimum Gasteiger partial charge on any atom is -0.321 e. The monoisotopic (exact) mass is 304 g/mol. The van der Waals surface area contributed by atoms with Crippen LogP contribution in [0.4, 0.5) is 5.69 Å². The summed E-state index contributed by atoms with van der Waals surface area (Å²) in [5, 5.41) is 4.97. The smallest absolute Gasteiger partial charge is 0.275 e. The first-order valence-electron chi connectivity index (χ1n) is 5.71. The van der Waals surface area contributed by atoms with E-state index in [1.807, 2.05) is 6.07 Å². The first-order valence-corrected chi connectivity index (χ1v) is 7.03. The molecule has 0 spiro atoms. The highest BCUT2D eigenvalue weighted by Gasteiger charge is 2.09. The van der Waals surface area contributed by atoms with Crippen molar-refractivity contribution in [2.24, 2.45) is 0 Å². The van der Waals surface area contributed by atoms with E-state index in [0.717, 1.165) is 5.69 Å². The van der Waals surface area contributed by atoms with Crippen LogP contribution in [0.15, 0.2) is 47.8 Å². The Morgan fingerprint density at radius 1 is 1.40 bits per heavy atom. The van der Waals surface area contributed by atoms with Gasteiger partial charge >= 0.3 is 0 Å². The van der Waals surface area contributed by atoms with Crippen LogP contribution in [0.1, 0.15) is 10.5 Å². The van der Waals surface area contributed by atoms with Gasteiger partial charge in [0.25, 0.3) is 5.91 Å². The van der Waals surface area contributed by atoms with Crippen LogP contribution in [-0.2, 0) is 0 Å². The van der Waals surface area contributed by atoms with Gasteiger partial charge in [-0.2, -0.15) is 0 Å². The topological polar surface area (TPSA) is 59.8 Å². The number of nitrogens with zero attached hydrogens (tertiary/aromatic N) is 3. The predicted octanol–water partition coefficient (Wildman–Crippen LogP) is 3.23. The Morgan fingerprint density at radius 3 is 2.95 bits per heavy atom. The quantitative estimate of drug-likeness (QED) is 0.808. The molecule has 100 valence electrons. The fourth-order valence-corrected chi connectivity index (χ4v) is 2.53. The van der Waals surface area contributed by atoms with Crippen molar-refractivity contribution >= 4 is 34.5 Å². The van der Waals surface area contributed by atoms with E-state index >= 15 is 0 Å². The summed E-state index contributed by atoms with van der Waals surface area (Å²) in [7, 11) is 0. The van der Waals surface area contributed by atoms with Crippen molar-refractivity contribution in [3.8, 4) is 5.69 Å². The summed E-state index contributed by atoms with van der Waals surface area (Å²) in [6.07, 6.45) is 5.14. The summed E-state index contributed by atoms with van der Waals surface area (Å²) in [4.78, 5) is 19.8. The Kier molecular flexibility index (Phi) is 3.49. The molecule has 2 heterocycles. The normalized spacial score (nSPS) is 10.4. The number of carbonyl (C=O) groups excluding carboxylic acids is 1. The van der Waals surface area contributed by atoms with Crippen LogP contribution < -0.4 is 5.32 Å². The fraction of sp³-hybridized carbons (Fsp3) is 0. The maximum atomic E-state index is 11.9. The number of halogens is 1. The summed E-state index contributed by atoms with van der Waals surface area (Å²) >= 11 is 7.59. The second-order valence-electron chi connectivity index (χ2n) is 3.96. The molecule has 0 radical (unpaired) electrons. The van der Waals surface area contributed by atoms with Crippen molar-refractivity contribution < 1.29 is 4.79 Å². The van der Waals surface area contributed by atoms with Crippen molar-refractivity contribution in [1.29, 1.82) is 0 Å². The van der Waals surface area contributed by atoms with E-state index in [2.05, 4.69) is 15.3 Å². The number of benzene rings is 1. The van der Waals surface area contributed by atoms with Gasteiger partial charge in [-0.3, -0.25) is 4.79 Å². The first kappa shape index (κ1) is 12.8. The third-order valence-corrected chi connectivity index (χ3v) is 3.54. The number of aromatic nitrogens is 3. The molecule has 0 aliphatic heterocycles. The van der Waals surface area contributed by atoms with E-state index in [1.54, 1.807) is 46.3 Å². The minimum atomic E-state index is -0.252.